The van der Waals surface area contributed by atoms with Gasteiger partial charge < -0.3 is 19.1 Å². The van der Waals surface area contributed by atoms with Crippen LogP contribution in [-0.2, 0) is 0 Å². The van der Waals surface area contributed by atoms with Gasteiger partial charge in [-0.15, -0.1) is 0 Å². The van der Waals surface area contributed by atoms with Gasteiger partial charge in [-0.1, -0.05) is 0 Å². The van der Waals surface area contributed by atoms with Gasteiger partial charge in [0.15, 0.2) is 17.7 Å². The molecule has 0 N–H and O–H groups in total. The molecule has 0 aliphatic carbocycles. The first-order chi connectivity index (χ1) is 8.83. The Morgan fingerprint density at radius 1 is 1.11 bits per heavy atom. The number of ether oxygens (including phenoxy) is 3. The molecular weight excluding hydrogens is 234 g/mol. The van der Waals surface area contributed by atoms with Crippen molar-refractivity contribution in [2.24, 2.45) is 0 Å². The summed E-state index contributed by atoms with van der Waals surface area (Å²) in [5, 5.41) is 0. The highest BCUT2D eigenvalue weighted by Gasteiger charge is 2.38. The summed E-state index contributed by atoms with van der Waals surface area (Å²) in [5.74, 6) is 1.96. The van der Waals surface area contributed by atoms with E-state index in [4.69, 9.17) is 14.2 Å². The molecule has 0 bridgehead atoms. The quantitative estimate of drug-likeness (QED) is 0.695. The summed E-state index contributed by atoms with van der Waals surface area (Å²) in [6.45, 7) is 1.83. The Balaban J connectivity index is 1.81. The third-order valence-corrected chi connectivity index (χ3v) is 3.60. The van der Waals surface area contributed by atoms with Crippen molar-refractivity contribution >= 4 is 5.91 Å². The summed E-state index contributed by atoms with van der Waals surface area (Å²) in [5.41, 5.74) is 0.581. The number of benzene rings is 1. The number of amides is 1. The summed E-state index contributed by atoms with van der Waals surface area (Å²) in [4.78, 5) is 14.1. The van der Waals surface area contributed by atoms with E-state index in [1.54, 1.807) is 17.0 Å². The molecule has 18 heavy (non-hydrogen) atoms. The van der Waals surface area contributed by atoms with Gasteiger partial charge in [0.25, 0.3) is 5.91 Å². The van der Waals surface area contributed by atoms with Crippen molar-refractivity contribution in [2.75, 3.05) is 19.8 Å². The van der Waals surface area contributed by atoms with E-state index >= 15 is 0 Å². The first kappa shape index (κ1) is 10.1. The van der Waals surface area contributed by atoms with Gasteiger partial charge in [0.2, 0.25) is 0 Å². The molecular formula is C13H13NO4. The number of nitrogens with zero attached hydrogens (tertiary/aromatic N) is 1. The van der Waals surface area contributed by atoms with Crippen molar-refractivity contribution in [3.63, 3.8) is 0 Å². The maximum atomic E-state index is 12.3. The molecule has 5 nitrogen and oxygen atoms in total. The fraction of sp³-hybridized carbons (Fsp3) is 0.462. The fourth-order valence-corrected chi connectivity index (χ4v) is 2.73. The fourth-order valence-electron chi connectivity index (χ4n) is 2.73. The molecule has 0 spiro atoms. The minimum atomic E-state index is -0.104. The maximum Gasteiger partial charge on any atom is 0.260 e. The minimum absolute atomic E-state index is 0.0377. The van der Waals surface area contributed by atoms with Crippen LogP contribution >= 0.6 is 0 Å². The molecule has 1 fully saturated rings. The minimum Gasteiger partial charge on any atom is -0.486 e. The number of hydrogen-bond donors (Lipinski definition) is 0. The SMILES string of the molecule is O=C1c2cc3c(cc2OC2CCCN12)OCCO3. The molecule has 3 heterocycles. The summed E-state index contributed by atoms with van der Waals surface area (Å²) < 4.78 is 16.9. The van der Waals surface area contributed by atoms with Crippen LogP contribution in [0.25, 0.3) is 0 Å². The number of carbonyl (C=O) groups excluding carboxylic acids is 1. The van der Waals surface area contributed by atoms with Crippen molar-refractivity contribution in [1.29, 1.82) is 0 Å². The molecule has 3 aliphatic rings. The first-order valence-corrected chi connectivity index (χ1v) is 6.24. The molecule has 0 radical (unpaired) electrons. The maximum absolute atomic E-state index is 12.3. The van der Waals surface area contributed by atoms with Crippen LogP contribution in [0.4, 0.5) is 0 Å². The molecule has 1 unspecified atom stereocenters. The Hall–Kier alpha value is -1.91. The molecule has 94 valence electrons. The van der Waals surface area contributed by atoms with Crippen LogP contribution in [0.5, 0.6) is 17.2 Å². The molecule has 1 aromatic rings. The van der Waals surface area contributed by atoms with Crippen LogP contribution in [0.1, 0.15) is 23.2 Å². The Labute approximate surface area is 104 Å². The molecule has 1 saturated heterocycles. The van der Waals surface area contributed by atoms with Crippen molar-refractivity contribution in [1.82, 2.24) is 4.90 Å². The molecule has 0 aromatic heterocycles. The zero-order valence-corrected chi connectivity index (χ0v) is 9.85. The molecule has 0 saturated carbocycles. The van der Waals surface area contributed by atoms with E-state index in [9.17, 15) is 4.79 Å². The second-order valence-electron chi connectivity index (χ2n) is 4.71. The van der Waals surface area contributed by atoms with Crippen LogP contribution in [0.2, 0.25) is 0 Å². The highest BCUT2D eigenvalue weighted by Crippen LogP contribution is 2.41. The van der Waals surface area contributed by atoms with Gasteiger partial charge in [-0.05, 0) is 6.42 Å². The molecule has 5 heteroatoms. The van der Waals surface area contributed by atoms with Crippen LogP contribution in [0.15, 0.2) is 12.1 Å². The van der Waals surface area contributed by atoms with Gasteiger partial charge in [-0.25, -0.2) is 0 Å². The topological polar surface area (TPSA) is 48.0 Å². The van der Waals surface area contributed by atoms with E-state index in [0.29, 0.717) is 36.0 Å². The highest BCUT2D eigenvalue weighted by molar-refractivity contribution is 5.99. The molecule has 1 atom stereocenters. The lowest BCUT2D eigenvalue weighted by molar-refractivity contribution is 0.0289. The number of carbonyl (C=O) groups is 1. The predicted octanol–water partition coefficient (Wildman–Crippen LogP) is 1.41. The van der Waals surface area contributed by atoms with Crippen molar-refractivity contribution < 1.29 is 19.0 Å². The number of rotatable bonds is 0. The Kier molecular flexibility index (Phi) is 1.98. The molecule has 1 amide bonds. The highest BCUT2D eigenvalue weighted by atomic mass is 16.6. The number of fused-ring (bicyclic) bond motifs is 3. The van der Waals surface area contributed by atoms with E-state index in [2.05, 4.69) is 0 Å². The lowest BCUT2D eigenvalue weighted by Crippen LogP contribution is -2.43. The number of hydrogen-bond acceptors (Lipinski definition) is 4. The van der Waals surface area contributed by atoms with Crippen LogP contribution in [0.3, 0.4) is 0 Å². The van der Waals surface area contributed by atoms with Crippen LogP contribution in [0, 0.1) is 0 Å². The summed E-state index contributed by atoms with van der Waals surface area (Å²) in [6, 6.07) is 3.51. The Morgan fingerprint density at radius 2 is 1.89 bits per heavy atom. The largest absolute Gasteiger partial charge is 0.486 e. The lowest BCUT2D eigenvalue weighted by atomic mass is 10.1. The normalized spacial score (nSPS) is 24.3. The molecule has 3 aliphatic heterocycles. The van der Waals surface area contributed by atoms with Crippen molar-refractivity contribution in [2.45, 2.75) is 19.1 Å². The van der Waals surface area contributed by atoms with Gasteiger partial charge in [-0.2, -0.15) is 0 Å². The summed E-state index contributed by atoms with van der Waals surface area (Å²) in [6.07, 6.45) is 1.80. The van der Waals surface area contributed by atoms with E-state index in [1.807, 2.05) is 0 Å². The molecule has 1 aromatic carbocycles. The van der Waals surface area contributed by atoms with E-state index in [-0.39, 0.29) is 12.1 Å². The van der Waals surface area contributed by atoms with E-state index < -0.39 is 0 Å². The standard InChI is InChI=1S/C13H13NO4/c15-13-8-6-10-11(17-5-4-16-10)7-9(8)18-12-2-1-3-14(12)13/h6-7,12H,1-5H2. The lowest BCUT2D eigenvalue weighted by Gasteiger charge is -2.32. The zero-order valence-electron chi connectivity index (χ0n) is 9.85. The van der Waals surface area contributed by atoms with E-state index in [1.165, 1.54) is 0 Å². The zero-order chi connectivity index (χ0) is 12.1. The van der Waals surface area contributed by atoms with E-state index in [0.717, 1.165) is 19.4 Å². The third kappa shape index (κ3) is 1.30. The monoisotopic (exact) mass is 247 g/mol. The van der Waals surface area contributed by atoms with Gasteiger partial charge in [-0.3, -0.25) is 4.79 Å². The Morgan fingerprint density at radius 3 is 2.72 bits per heavy atom. The van der Waals surface area contributed by atoms with Gasteiger partial charge in [0.05, 0.1) is 5.56 Å². The second-order valence-corrected chi connectivity index (χ2v) is 4.71. The summed E-state index contributed by atoms with van der Waals surface area (Å²) in [7, 11) is 0. The van der Waals surface area contributed by atoms with Gasteiger partial charge in [0.1, 0.15) is 19.0 Å². The van der Waals surface area contributed by atoms with Crippen molar-refractivity contribution in [3.05, 3.63) is 17.7 Å². The second kappa shape index (κ2) is 3.54. The summed E-state index contributed by atoms with van der Waals surface area (Å²) >= 11 is 0. The van der Waals surface area contributed by atoms with Crippen LogP contribution in [-0.4, -0.2) is 36.8 Å². The average Bonchev–Trinajstić information content (AvgIpc) is 2.86. The van der Waals surface area contributed by atoms with Crippen LogP contribution < -0.4 is 14.2 Å². The first-order valence-electron chi connectivity index (χ1n) is 6.24. The van der Waals surface area contributed by atoms with Crippen molar-refractivity contribution in [3.8, 4) is 17.2 Å². The predicted molar refractivity (Wildman–Crippen MR) is 62.1 cm³/mol. The third-order valence-electron chi connectivity index (χ3n) is 3.60. The van der Waals surface area contributed by atoms with Gasteiger partial charge in [0, 0.05) is 25.1 Å². The van der Waals surface area contributed by atoms with Gasteiger partial charge >= 0.3 is 0 Å². The average molecular weight is 247 g/mol. The molecule has 4 rings (SSSR count). The Bertz CT molecular complexity index is 528. The smallest absolute Gasteiger partial charge is 0.260 e.